The van der Waals surface area contributed by atoms with Crippen molar-refractivity contribution in [3.63, 3.8) is 0 Å². The van der Waals surface area contributed by atoms with Crippen molar-refractivity contribution in [3.05, 3.63) is 56.8 Å². The summed E-state index contributed by atoms with van der Waals surface area (Å²) in [6.07, 6.45) is 3.29. The molecule has 23 heavy (non-hydrogen) atoms. The summed E-state index contributed by atoms with van der Waals surface area (Å²) in [5.41, 5.74) is 3.69. The Morgan fingerprint density at radius 3 is 2.61 bits per heavy atom. The number of nitrogens with zero attached hydrogens (tertiary/aromatic N) is 2. The molecular weight excluding hydrogens is 333 g/mol. The van der Waals surface area contributed by atoms with Gasteiger partial charge in [-0.05, 0) is 44.5 Å². The van der Waals surface area contributed by atoms with Crippen molar-refractivity contribution in [3.8, 4) is 0 Å². The zero-order valence-corrected chi connectivity index (χ0v) is 15.0. The molecule has 1 atom stereocenters. The Bertz CT molecular complexity index is 765. The fraction of sp³-hybridized carbons (Fsp3) is 0.294. The van der Waals surface area contributed by atoms with E-state index >= 15 is 0 Å². The molecule has 1 aromatic heterocycles. The van der Waals surface area contributed by atoms with Crippen molar-refractivity contribution < 1.29 is 4.79 Å². The van der Waals surface area contributed by atoms with Crippen molar-refractivity contribution in [2.75, 3.05) is 0 Å². The van der Waals surface area contributed by atoms with Crippen LogP contribution in [0.4, 0.5) is 0 Å². The Hall–Kier alpha value is -1.78. The third kappa shape index (κ3) is 4.15. The van der Waals surface area contributed by atoms with Crippen LogP contribution in [-0.4, -0.2) is 15.7 Å². The molecule has 0 saturated carbocycles. The Balaban J connectivity index is 2.08. The van der Waals surface area contributed by atoms with Gasteiger partial charge in [0.2, 0.25) is 5.91 Å². The molecule has 1 aromatic carbocycles. The maximum Gasteiger partial charge on any atom is 0.244 e. The van der Waals surface area contributed by atoms with Gasteiger partial charge in [-0.25, -0.2) is 0 Å². The van der Waals surface area contributed by atoms with E-state index in [-0.39, 0.29) is 11.9 Å². The molecule has 122 valence electrons. The number of halogens is 2. The van der Waals surface area contributed by atoms with E-state index in [4.69, 9.17) is 23.2 Å². The number of benzene rings is 1. The molecule has 0 unspecified atom stereocenters. The average Bonchev–Trinajstić information content (AvgIpc) is 2.70. The number of rotatable bonds is 4. The van der Waals surface area contributed by atoms with Crippen LogP contribution in [-0.2, 0) is 11.8 Å². The third-order valence-corrected chi connectivity index (χ3v) is 4.32. The lowest BCUT2D eigenvalue weighted by atomic mass is 10.1. The normalized spacial score (nSPS) is 12.6. The van der Waals surface area contributed by atoms with Crippen LogP contribution in [0.5, 0.6) is 0 Å². The van der Waals surface area contributed by atoms with E-state index in [2.05, 4.69) is 10.4 Å². The minimum atomic E-state index is -0.215. The smallest absolute Gasteiger partial charge is 0.244 e. The van der Waals surface area contributed by atoms with Gasteiger partial charge in [0.25, 0.3) is 0 Å². The lowest BCUT2D eigenvalue weighted by molar-refractivity contribution is -0.117. The number of hydrogen-bond donors (Lipinski definition) is 1. The summed E-state index contributed by atoms with van der Waals surface area (Å²) in [5, 5.41) is 8.32. The molecule has 1 amide bonds. The fourth-order valence-electron chi connectivity index (χ4n) is 2.38. The van der Waals surface area contributed by atoms with Crippen LogP contribution in [0.2, 0.25) is 10.0 Å². The largest absolute Gasteiger partial charge is 0.346 e. The van der Waals surface area contributed by atoms with Crippen molar-refractivity contribution in [2.24, 2.45) is 7.05 Å². The highest BCUT2D eigenvalue weighted by Gasteiger charge is 2.12. The molecule has 0 radical (unpaired) electrons. The molecule has 0 aliphatic rings. The highest BCUT2D eigenvalue weighted by molar-refractivity contribution is 6.35. The molecule has 1 N–H and O–H groups in total. The van der Waals surface area contributed by atoms with Crippen LogP contribution in [0.25, 0.3) is 6.08 Å². The van der Waals surface area contributed by atoms with E-state index < -0.39 is 0 Å². The number of nitrogens with one attached hydrogen (secondary N) is 1. The first-order valence-electron chi connectivity index (χ1n) is 7.23. The van der Waals surface area contributed by atoms with E-state index in [0.29, 0.717) is 10.0 Å². The van der Waals surface area contributed by atoms with Gasteiger partial charge >= 0.3 is 0 Å². The van der Waals surface area contributed by atoms with E-state index in [1.54, 1.807) is 22.9 Å². The van der Waals surface area contributed by atoms with E-state index in [1.165, 1.54) is 6.08 Å². The summed E-state index contributed by atoms with van der Waals surface area (Å²) in [7, 11) is 1.88. The van der Waals surface area contributed by atoms with Gasteiger partial charge in [0.15, 0.2) is 0 Å². The highest BCUT2D eigenvalue weighted by atomic mass is 35.5. The monoisotopic (exact) mass is 351 g/mol. The molecule has 2 aromatic rings. The van der Waals surface area contributed by atoms with Gasteiger partial charge in [-0.1, -0.05) is 29.3 Å². The van der Waals surface area contributed by atoms with Gasteiger partial charge in [-0.15, -0.1) is 0 Å². The number of aromatic nitrogens is 2. The highest BCUT2D eigenvalue weighted by Crippen LogP contribution is 2.26. The number of amides is 1. The molecule has 6 heteroatoms. The van der Waals surface area contributed by atoms with E-state index in [9.17, 15) is 4.79 Å². The van der Waals surface area contributed by atoms with Crippen molar-refractivity contribution in [2.45, 2.75) is 26.8 Å². The molecule has 0 aliphatic carbocycles. The topological polar surface area (TPSA) is 46.9 Å². The predicted molar refractivity (Wildman–Crippen MR) is 94.7 cm³/mol. The fourth-order valence-corrected chi connectivity index (χ4v) is 2.95. The standard InChI is InChI=1S/C17H19Cl2N3O/c1-10(15-6-5-13(18)9-16(15)19)20-17(23)8-7-14-11(2)21-22(4)12(14)3/h5-10H,1-4H3,(H,20,23)/b8-7+/t10-/m0/s1. The molecule has 0 fully saturated rings. The molecule has 0 saturated heterocycles. The number of carbonyl (C=O) groups excluding carboxylic acids is 1. The second-order valence-corrected chi connectivity index (χ2v) is 6.28. The zero-order valence-electron chi connectivity index (χ0n) is 13.5. The minimum absolute atomic E-state index is 0.189. The first-order valence-corrected chi connectivity index (χ1v) is 7.99. The quantitative estimate of drug-likeness (QED) is 0.837. The van der Waals surface area contributed by atoms with Gasteiger partial charge in [-0.3, -0.25) is 9.48 Å². The SMILES string of the molecule is Cc1nn(C)c(C)c1/C=C/C(=O)N[C@@H](C)c1ccc(Cl)cc1Cl. The average molecular weight is 352 g/mol. The predicted octanol–water partition coefficient (Wildman–Crippen LogP) is 4.23. The maximum absolute atomic E-state index is 12.1. The molecule has 4 nitrogen and oxygen atoms in total. The third-order valence-electron chi connectivity index (χ3n) is 3.75. The molecule has 1 heterocycles. The van der Waals surface area contributed by atoms with Crippen molar-refractivity contribution >= 4 is 35.2 Å². The number of carbonyl (C=O) groups is 1. The van der Waals surface area contributed by atoms with E-state index in [0.717, 1.165) is 22.5 Å². The van der Waals surface area contributed by atoms with Crippen LogP contribution in [0.1, 0.15) is 35.5 Å². The second kappa shape index (κ2) is 7.20. The van der Waals surface area contributed by atoms with Crippen molar-refractivity contribution in [1.82, 2.24) is 15.1 Å². The molecule has 0 aliphatic heterocycles. The molecule has 2 rings (SSSR count). The summed E-state index contributed by atoms with van der Waals surface area (Å²) >= 11 is 12.0. The van der Waals surface area contributed by atoms with Gasteiger partial charge in [0.1, 0.15) is 0 Å². The maximum atomic E-state index is 12.1. The van der Waals surface area contributed by atoms with Gasteiger partial charge in [-0.2, -0.15) is 5.10 Å². The summed E-state index contributed by atoms with van der Waals surface area (Å²) in [4.78, 5) is 12.1. The van der Waals surface area contributed by atoms with Gasteiger partial charge in [0, 0.05) is 34.4 Å². The van der Waals surface area contributed by atoms with Crippen LogP contribution < -0.4 is 5.32 Å². The Kier molecular flexibility index (Phi) is 5.50. The summed E-state index contributed by atoms with van der Waals surface area (Å²) in [6.45, 7) is 5.76. The molecule has 0 bridgehead atoms. The van der Waals surface area contributed by atoms with E-state index in [1.807, 2.05) is 33.9 Å². The first kappa shape index (κ1) is 17.6. The van der Waals surface area contributed by atoms with Gasteiger partial charge < -0.3 is 5.32 Å². The first-order chi connectivity index (χ1) is 10.8. The summed E-state index contributed by atoms with van der Waals surface area (Å²) < 4.78 is 1.79. The Labute approximate surface area is 146 Å². The van der Waals surface area contributed by atoms with Crippen LogP contribution in [0.15, 0.2) is 24.3 Å². The Morgan fingerprint density at radius 1 is 1.35 bits per heavy atom. The lowest BCUT2D eigenvalue weighted by Gasteiger charge is -2.14. The molecular formula is C17H19Cl2N3O. The van der Waals surface area contributed by atoms with Crippen LogP contribution >= 0.6 is 23.2 Å². The summed E-state index contributed by atoms with van der Waals surface area (Å²) in [6, 6.07) is 5.02. The summed E-state index contributed by atoms with van der Waals surface area (Å²) in [5.74, 6) is -0.189. The number of aryl methyl sites for hydroxylation is 2. The second-order valence-electron chi connectivity index (χ2n) is 5.44. The lowest BCUT2D eigenvalue weighted by Crippen LogP contribution is -2.24. The van der Waals surface area contributed by atoms with Crippen LogP contribution in [0, 0.1) is 13.8 Å². The van der Waals surface area contributed by atoms with Crippen molar-refractivity contribution in [1.29, 1.82) is 0 Å². The zero-order chi connectivity index (χ0) is 17.1. The Morgan fingerprint density at radius 2 is 2.04 bits per heavy atom. The van der Waals surface area contributed by atoms with Crippen LogP contribution in [0.3, 0.4) is 0 Å². The number of hydrogen-bond acceptors (Lipinski definition) is 2. The minimum Gasteiger partial charge on any atom is -0.346 e. The van der Waals surface area contributed by atoms with Gasteiger partial charge in [0.05, 0.1) is 11.7 Å². The molecule has 0 spiro atoms.